The molecule has 1 unspecified atom stereocenters. The van der Waals surface area contributed by atoms with Crippen LogP contribution in [0.4, 0.5) is 0 Å². The van der Waals surface area contributed by atoms with Crippen molar-refractivity contribution in [1.82, 2.24) is 5.32 Å². The van der Waals surface area contributed by atoms with Crippen molar-refractivity contribution in [1.29, 1.82) is 0 Å². The summed E-state index contributed by atoms with van der Waals surface area (Å²) in [5.74, 6) is 0.343. The third-order valence-corrected chi connectivity index (χ3v) is 4.31. The second-order valence-electron chi connectivity index (χ2n) is 5.30. The average Bonchev–Trinajstić information content (AvgIpc) is 2.46. The van der Waals surface area contributed by atoms with Crippen LogP contribution < -0.4 is 5.32 Å². The summed E-state index contributed by atoms with van der Waals surface area (Å²) in [4.78, 5) is 0. The van der Waals surface area contributed by atoms with Gasteiger partial charge in [0.05, 0.1) is 0 Å². The number of halogens is 1. The maximum Gasteiger partial charge on any atom is 0.115 e. The number of nitrogens with one attached hydrogen (secondary N) is 1. The highest BCUT2D eigenvalue weighted by Crippen LogP contribution is 2.32. The normalized spacial score (nSPS) is 17.8. The van der Waals surface area contributed by atoms with Gasteiger partial charge in [0.15, 0.2) is 0 Å². The minimum Gasteiger partial charge on any atom is -0.508 e. The van der Waals surface area contributed by atoms with Gasteiger partial charge in [-0.2, -0.15) is 0 Å². The summed E-state index contributed by atoms with van der Waals surface area (Å²) in [5.41, 5.74) is 3.68. The van der Waals surface area contributed by atoms with E-state index in [1.807, 2.05) is 36.4 Å². The number of rotatable bonds is 3. The van der Waals surface area contributed by atoms with Crippen LogP contribution in [-0.2, 0) is 13.0 Å². The van der Waals surface area contributed by atoms with Crippen LogP contribution in [0.25, 0.3) is 0 Å². The SMILES string of the molecule is Oc1ccc2c(c1)C(NCc1ccccc1Cl)CCC2. The molecule has 20 heavy (non-hydrogen) atoms. The zero-order chi connectivity index (χ0) is 13.9. The van der Waals surface area contributed by atoms with Crippen LogP contribution in [0.3, 0.4) is 0 Å². The molecule has 0 bridgehead atoms. The lowest BCUT2D eigenvalue weighted by Gasteiger charge is -2.27. The lowest BCUT2D eigenvalue weighted by atomic mass is 9.87. The van der Waals surface area contributed by atoms with E-state index >= 15 is 0 Å². The van der Waals surface area contributed by atoms with Crippen molar-refractivity contribution < 1.29 is 5.11 Å². The number of benzene rings is 2. The van der Waals surface area contributed by atoms with Gasteiger partial charge in [-0.05, 0) is 54.2 Å². The van der Waals surface area contributed by atoms with Gasteiger partial charge >= 0.3 is 0 Å². The highest BCUT2D eigenvalue weighted by atomic mass is 35.5. The fourth-order valence-electron chi connectivity index (χ4n) is 2.87. The summed E-state index contributed by atoms with van der Waals surface area (Å²) in [6.45, 7) is 0.749. The van der Waals surface area contributed by atoms with Gasteiger partial charge in [0.1, 0.15) is 5.75 Å². The van der Waals surface area contributed by atoms with E-state index in [2.05, 4.69) is 5.32 Å². The summed E-state index contributed by atoms with van der Waals surface area (Å²) in [6.07, 6.45) is 3.37. The predicted molar refractivity (Wildman–Crippen MR) is 82.1 cm³/mol. The quantitative estimate of drug-likeness (QED) is 0.886. The van der Waals surface area contributed by atoms with Crippen LogP contribution in [0.5, 0.6) is 5.75 Å². The smallest absolute Gasteiger partial charge is 0.115 e. The van der Waals surface area contributed by atoms with Gasteiger partial charge in [0.25, 0.3) is 0 Å². The summed E-state index contributed by atoms with van der Waals surface area (Å²) in [7, 11) is 0. The maximum absolute atomic E-state index is 9.69. The van der Waals surface area contributed by atoms with Crippen molar-refractivity contribution in [2.75, 3.05) is 0 Å². The fraction of sp³-hybridized carbons (Fsp3) is 0.294. The molecule has 0 saturated heterocycles. The first-order valence-corrected chi connectivity index (χ1v) is 7.40. The molecule has 0 amide bonds. The van der Waals surface area contributed by atoms with Gasteiger partial charge < -0.3 is 10.4 Å². The molecular weight excluding hydrogens is 270 g/mol. The number of phenols is 1. The molecule has 2 N–H and O–H groups in total. The van der Waals surface area contributed by atoms with Crippen molar-refractivity contribution in [3.8, 4) is 5.75 Å². The fourth-order valence-corrected chi connectivity index (χ4v) is 3.08. The van der Waals surface area contributed by atoms with Gasteiger partial charge in [0, 0.05) is 17.6 Å². The van der Waals surface area contributed by atoms with Gasteiger partial charge in [-0.15, -0.1) is 0 Å². The van der Waals surface area contributed by atoms with Crippen molar-refractivity contribution in [3.05, 3.63) is 64.2 Å². The first-order valence-electron chi connectivity index (χ1n) is 7.02. The van der Waals surface area contributed by atoms with E-state index in [9.17, 15) is 5.11 Å². The molecule has 0 heterocycles. The molecule has 2 aromatic rings. The number of aromatic hydroxyl groups is 1. The van der Waals surface area contributed by atoms with Crippen LogP contribution in [0.1, 0.15) is 35.6 Å². The molecule has 2 aromatic carbocycles. The van der Waals surface area contributed by atoms with Gasteiger partial charge in [-0.3, -0.25) is 0 Å². The van der Waals surface area contributed by atoms with Gasteiger partial charge in [-0.1, -0.05) is 35.9 Å². The molecule has 3 rings (SSSR count). The van der Waals surface area contributed by atoms with E-state index < -0.39 is 0 Å². The van der Waals surface area contributed by atoms with E-state index in [1.54, 1.807) is 6.07 Å². The maximum atomic E-state index is 9.69. The van der Waals surface area contributed by atoms with Gasteiger partial charge in [0.2, 0.25) is 0 Å². The highest BCUT2D eigenvalue weighted by molar-refractivity contribution is 6.31. The predicted octanol–water partition coefficient (Wildman–Crippen LogP) is 4.21. The molecule has 0 radical (unpaired) electrons. The average molecular weight is 288 g/mol. The molecule has 0 spiro atoms. The largest absolute Gasteiger partial charge is 0.508 e. The van der Waals surface area contributed by atoms with E-state index in [0.29, 0.717) is 11.8 Å². The number of hydrogen-bond acceptors (Lipinski definition) is 2. The van der Waals surface area contributed by atoms with Crippen LogP contribution in [0.15, 0.2) is 42.5 Å². The molecular formula is C17H18ClNO. The molecule has 1 aliphatic rings. The summed E-state index contributed by atoms with van der Waals surface area (Å²) in [5, 5.41) is 14.1. The van der Waals surface area contributed by atoms with Crippen molar-refractivity contribution in [2.24, 2.45) is 0 Å². The Hall–Kier alpha value is -1.51. The molecule has 104 valence electrons. The Morgan fingerprint density at radius 2 is 2.05 bits per heavy atom. The van der Waals surface area contributed by atoms with Crippen molar-refractivity contribution >= 4 is 11.6 Å². The molecule has 0 fully saturated rings. The molecule has 3 heteroatoms. The van der Waals surface area contributed by atoms with Crippen LogP contribution in [0, 0.1) is 0 Å². The molecule has 1 aliphatic carbocycles. The standard InChI is InChI=1S/C17H18ClNO/c18-16-6-2-1-4-13(16)11-19-17-7-3-5-12-8-9-14(20)10-15(12)17/h1-2,4,6,8-10,17,19-20H,3,5,7,11H2. The molecule has 0 saturated carbocycles. The Morgan fingerprint density at radius 3 is 2.90 bits per heavy atom. The second-order valence-corrected chi connectivity index (χ2v) is 5.71. The van der Waals surface area contributed by atoms with Crippen molar-refractivity contribution in [2.45, 2.75) is 31.8 Å². The zero-order valence-corrected chi connectivity index (χ0v) is 12.0. The number of fused-ring (bicyclic) bond motifs is 1. The number of aryl methyl sites for hydroxylation is 1. The Balaban J connectivity index is 1.77. The zero-order valence-electron chi connectivity index (χ0n) is 11.3. The summed E-state index contributed by atoms with van der Waals surface area (Å²) >= 11 is 6.19. The van der Waals surface area contributed by atoms with Crippen molar-refractivity contribution in [3.63, 3.8) is 0 Å². The third-order valence-electron chi connectivity index (χ3n) is 3.94. The number of phenolic OH excluding ortho intramolecular Hbond substituents is 1. The first-order chi connectivity index (χ1) is 9.74. The first kappa shape index (κ1) is 13.5. The highest BCUT2D eigenvalue weighted by Gasteiger charge is 2.20. The molecule has 2 nitrogen and oxygen atoms in total. The van der Waals surface area contributed by atoms with Crippen LogP contribution in [0.2, 0.25) is 5.02 Å². The van der Waals surface area contributed by atoms with E-state index in [0.717, 1.165) is 30.0 Å². The Morgan fingerprint density at radius 1 is 1.20 bits per heavy atom. The van der Waals surface area contributed by atoms with Gasteiger partial charge in [-0.25, -0.2) is 0 Å². The topological polar surface area (TPSA) is 32.3 Å². The molecule has 0 aliphatic heterocycles. The lowest BCUT2D eigenvalue weighted by molar-refractivity contribution is 0.446. The molecule has 0 aromatic heterocycles. The summed E-state index contributed by atoms with van der Waals surface area (Å²) in [6, 6.07) is 13.9. The Bertz CT molecular complexity index is 612. The third kappa shape index (κ3) is 2.82. The monoisotopic (exact) mass is 287 g/mol. The lowest BCUT2D eigenvalue weighted by Crippen LogP contribution is -2.24. The summed E-state index contributed by atoms with van der Waals surface area (Å²) < 4.78 is 0. The minimum absolute atomic E-state index is 0.294. The van der Waals surface area contributed by atoms with Crippen LogP contribution in [-0.4, -0.2) is 5.11 Å². The van der Waals surface area contributed by atoms with E-state index in [4.69, 9.17) is 11.6 Å². The van der Waals surface area contributed by atoms with E-state index in [-0.39, 0.29) is 0 Å². The Kier molecular flexibility index (Phi) is 3.95. The van der Waals surface area contributed by atoms with E-state index in [1.165, 1.54) is 17.5 Å². The number of hydrogen-bond donors (Lipinski definition) is 2. The van der Waals surface area contributed by atoms with Crippen LogP contribution >= 0.6 is 11.6 Å². The molecule has 1 atom stereocenters. The Labute approximate surface area is 124 Å². The minimum atomic E-state index is 0.294. The second kappa shape index (κ2) is 5.86.